The van der Waals surface area contributed by atoms with Gasteiger partial charge in [-0.2, -0.15) is 0 Å². The van der Waals surface area contributed by atoms with Gasteiger partial charge in [0.25, 0.3) is 0 Å². The molecule has 0 radical (unpaired) electrons. The summed E-state index contributed by atoms with van der Waals surface area (Å²) in [6.45, 7) is 29.6. The van der Waals surface area contributed by atoms with Crippen molar-refractivity contribution in [2.75, 3.05) is 13.2 Å². The van der Waals surface area contributed by atoms with Crippen LogP contribution in [0, 0.1) is 45.3 Å². The van der Waals surface area contributed by atoms with Gasteiger partial charge in [-0.3, -0.25) is 9.59 Å². The average Bonchev–Trinajstić information content (AvgIpc) is 1.62. The predicted molar refractivity (Wildman–Crippen MR) is 346 cm³/mol. The number of aliphatic hydroxyl groups excluding tert-OH is 3. The number of aliphatic hydroxyl groups is 5. The van der Waals surface area contributed by atoms with Crippen molar-refractivity contribution in [3.63, 3.8) is 0 Å². The molecule has 0 spiro atoms. The zero-order valence-corrected chi connectivity index (χ0v) is 57.8. The number of rotatable bonds is 15. The van der Waals surface area contributed by atoms with Crippen molar-refractivity contribution in [1.29, 1.82) is 0 Å². The normalized spacial score (nSPS) is 43.2. The van der Waals surface area contributed by atoms with E-state index in [-0.39, 0.29) is 61.8 Å². The third-order valence-electron chi connectivity index (χ3n) is 25.8. The molecule has 4 bridgehead atoms. The molecule has 8 aliphatic carbocycles. The summed E-state index contributed by atoms with van der Waals surface area (Å²) in [4.78, 5) is 55.5. The highest BCUT2D eigenvalue weighted by molar-refractivity contribution is 6.73. The van der Waals surface area contributed by atoms with E-state index in [0.717, 1.165) is 43.8 Å². The van der Waals surface area contributed by atoms with Crippen molar-refractivity contribution < 1.29 is 96.5 Å². The van der Waals surface area contributed by atoms with E-state index in [4.69, 9.17) is 51.8 Å². The average molecular weight is 1340 g/mol. The molecule has 0 aromatic heterocycles. The molecule has 11 unspecified atom stereocenters. The molecule has 6 saturated carbocycles. The van der Waals surface area contributed by atoms with Crippen LogP contribution >= 0.6 is 0 Å². The van der Waals surface area contributed by atoms with E-state index in [2.05, 4.69) is 40.9 Å². The summed E-state index contributed by atoms with van der Waals surface area (Å²) in [6.07, 6.45) is -6.04. The highest BCUT2D eigenvalue weighted by Gasteiger charge is 2.82. The van der Waals surface area contributed by atoms with Gasteiger partial charge < -0.3 is 77.3 Å². The van der Waals surface area contributed by atoms with Crippen molar-refractivity contribution >= 4 is 32.2 Å². The lowest BCUT2D eigenvalue weighted by Crippen LogP contribution is -2.82. The Morgan fingerprint density at radius 1 is 0.579 bits per heavy atom. The number of hydrogen-bond donors (Lipinski definition) is 5. The molecule has 2 aromatic carbocycles. The van der Waals surface area contributed by atoms with Gasteiger partial charge in [-0.25, -0.2) is 9.59 Å². The second kappa shape index (κ2) is 24.1. The van der Waals surface area contributed by atoms with Gasteiger partial charge in [-0.05, 0) is 116 Å². The number of carbonyl (C=O) groups is 4. The maximum absolute atomic E-state index is 14.3. The number of carbonyl (C=O) groups excluding carboxylic acids is 4. The van der Waals surface area contributed by atoms with Gasteiger partial charge in [0.05, 0.1) is 84.6 Å². The summed E-state index contributed by atoms with van der Waals surface area (Å²) in [5.74, 6) is -4.33. The lowest BCUT2D eigenvalue weighted by molar-refractivity contribution is -0.362. The van der Waals surface area contributed by atoms with E-state index in [1.54, 1.807) is 67.6 Å². The second-order valence-corrected chi connectivity index (χ2v) is 35.7. The molecule has 4 heterocycles. The summed E-state index contributed by atoms with van der Waals surface area (Å²) in [5, 5.41) is 62.0. The second-order valence-electron chi connectivity index (χ2n) is 31.0. The summed E-state index contributed by atoms with van der Waals surface area (Å²) in [7, 11) is -2.33. The standard InChI is InChI=1S/C40H56O10Si.C34H42O10/c1-9-29-46-31-30-23(5)26(41)21-40(44,37(30,6)7)34(48-35(42)24-16-14-13-15-17-24)32-38(8,33(31)47-29)27(50-51(10-2,11-3)12-4)20-28-39(32,22-45-28)49-36(43)25-18-19-25;1-6-23-41-25-24-17(2)20(35)15-34(39,31(24,3)4)28(43-29(37)18-10-8-7-9-11-18)26-32(5,27(25)42-23)21(36)14-22-33(26,16-40-22)44-30(38)19-12-13-19/h9,13-17,25-29,31-34,41,44H,1,10-12,18-22H2,2-8H3;6-11,19-23,25-28,35-36,39H,1,12-16H2,2-5H3/t26?,27?,28?,29?,31?,32?,33?,34?,38-,39?,40?;20-,21-,22+,23?,25+,26-,27+,28-,32+,33-,34+/m10/s1. The van der Waals surface area contributed by atoms with E-state index in [9.17, 15) is 44.7 Å². The summed E-state index contributed by atoms with van der Waals surface area (Å²) in [5.41, 5.74) is -7.73. The minimum atomic E-state index is -2.33. The number of hydrogen-bond acceptors (Lipinski definition) is 20. The first-order valence-corrected chi connectivity index (χ1v) is 37.2. The fraction of sp³-hybridized carbons (Fsp3) is 0.676. The quantitative estimate of drug-likeness (QED) is 0.0483. The Hall–Kier alpha value is -4.98. The van der Waals surface area contributed by atoms with E-state index in [1.807, 2.05) is 47.6 Å². The molecule has 14 rings (SSSR count). The van der Waals surface area contributed by atoms with Crippen LogP contribution in [0.15, 0.2) is 108 Å². The van der Waals surface area contributed by atoms with Gasteiger partial charge in [0, 0.05) is 47.3 Å². The molecule has 20 nitrogen and oxygen atoms in total. The predicted octanol–water partition coefficient (Wildman–Crippen LogP) is 8.71. The Kier molecular flexibility index (Phi) is 17.4. The molecule has 10 fully saturated rings. The van der Waals surface area contributed by atoms with E-state index in [0.29, 0.717) is 34.3 Å². The minimum absolute atomic E-state index is 0.00753. The molecular weight excluding hydrogens is 1240 g/mol. The highest BCUT2D eigenvalue weighted by Crippen LogP contribution is 2.70. The molecule has 5 N–H and O–H groups in total. The van der Waals surface area contributed by atoms with Crippen LogP contribution in [-0.4, -0.2) is 179 Å². The van der Waals surface area contributed by atoms with Gasteiger partial charge in [0.15, 0.2) is 32.1 Å². The molecule has 0 amide bonds. The monoisotopic (exact) mass is 1330 g/mol. The highest BCUT2D eigenvalue weighted by atomic mass is 28.4. The maximum Gasteiger partial charge on any atom is 0.338 e. The molecular formula is C74H98O20Si. The lowest BCUT2D eigenvalue weighted by atomic mass is 9.44. The molecule has 12 aliphatic rings. The topological polar surface area (TPSA) is 271 Å². The Morgan fingerprint density at radius 3 is 1.34 bits per heavy atom. The number of benzene rings is 2. The fourth-order valence-electron chi connectivity index (χ4n) is 19.3. The number of esters is 4. The molecule has 22 atom stereocenters. The molecule has 4 aliphatic heterocycles. The van der Waals surface area contributed by atoms with Gasteiger partial charge in [0.1, 0.15) is 47.8 Å². The Bertz CT molecular complexity index is 3410. The van der Waals surface area contributed by atoms with Crippen molar-refractivity contribution in [3.8, 4) is 0 Å². The molecule has 2 aromatic rings. The zero-order chi connectivity index (χ0) is 68.1. The fourth-order valence-corrected chi connectivity index (χ4v) is 22.3. The van der Waals surface area contributed by atoms with E-state index >= 15 is 0 Å². The first-order chi connectivity index (χ1) is 44.9. The van der Waals surface area contributed by atoms with E-state index < -0.39 is 162 Å². The van der Waals surface area contributed by atoms with Gasteiger partial charge >= 0.3 is 23.9 Å². The smallest absolute Gasteiger partial charge is 0.338 e. The first kappa shape index (κ1) is 68.5. The van der Waals surface area contributed by atoms with Crippen molar-refractivity contribution in [2.45, 2.75) is 254 Å². The lowest BCUT2D eigenvalue weighted by Gasteiger charge is -2.69. The zero-order valence-electron chi connectivity index (χ0n) is 56.8. The van der Waals surface area contributed by atoms with Crippen LogP contribution < -0.4 is 0 Å². The number of ether oxygens (including phenoxy) is 10. The van der Waals surface area contributed by atoms with E-state index in [1.165, 1.54) is 6.08 Å². The molecule has 4 saturated heterocycles. The summed E-state index contributed by atoms with van der Waals surface area (Å²) < 4.78 is 72.7. The third kappa shape index (κ3) is 10.2. The Labute approximate surface area is 558 Å². The molecule has 21 heteroatoms. The van der Waals surface area contributed by atoms with Crippen LogP contribution in [0.25, 0.3) is 0 Å². The summed E-state index contributed by atoms with van der Waals surface area (Å²) >= 11 is 0. The van der Waals surface area contributed by atoms with Crippen LogP contribution in [0.4, 0.5) is 0 Å². The largest absolute Gasteiger partial charge is 0.455 e. The van der Waals surface area contributed by atoms with Crippen LogP contribution in [0.2, 0.25) is 18.1 Å². The molecule has 95 heavy (non-hydrogen) atoms. The van der Waals surface area contributed by atoms with Crippen LogP contribution in [0.3, 0.4) is 0 Å². The summed E-state index contributed by atoms with van der Waals surface area (Å²) in [6, 6.07) is 19.8. The van der Waals surface area contributed by atoms with Crippen LogP contribution in [-0.2, 0) is 61.4 Å². The van der Waals surface area contributed by atoms with Gasteiger partial charge in [0.2, 0.25) is 0 Å². The van der Waals surface area contributed by atoms with Crippen molar-refractivity contribution in [2.24, 2.45) is 45.3 Å². The van der Waals surface area contributed by atoms with Crippen molar-refractivity contribution in [3.05, 3.63) is 119 Å². The number of fused-ring (bicyclic) bond motifs is 16. The van der Waals surface area contributed by atoms with Crippen LogP contribution in [0.5, 0.6) is 0 Å². The van der Waals surface area contributed by atoms with Gasteiger partial charge in [-0.1, -0.05) is 112 Å². The maximum atomic E-state index is 14.3. The SMILES string of the molecule is C=CC1OC2C3=C(C)C(O)CC(O)(C(OC(=O)c4ccccc4)C4C5(OC(=O)C6CC6)COC5CC(O[Si](CC)(CC)CC)[C@@]4(C)C2O1)C3(C)C.C=CC1O[C@@H]2C3=C(C)[C@@H](O)C[C@@](O)([C@@H](OC(=O)c4ccccc4)[C@@H]4[C@]5(OC(=O)C6CC6)CO[C@@H]5C[C@H](O)[C@@]4(C)[C@@H]2O1)C3(C)C. The van der Waals surface area contributed by atoms with Gasteiger partial charge in [-0.15, -0.1) is 0 Å². The van der Waals surface area contributed by atoms with Crippen molar-refractivity contribution in [1.82, 2.24) is 0 Å². The minimum Gasteiger partial charge on any atom is -0.455 e. The first-order valence-electron chi connectivity index (χ1n) is 34.6. The third-order valence-corrected chi connectivity index (χ3v) is 30.4. The Balaban J connectivity index is 0.000000174. The molecule has 518 valence electrons. The Morgan fingerprint density at radius 2 is 0.968 bits per heavy atom. The van der Waals surface area contributed by atoms with Crippen LogP contribution in [0.1, 0.15) is 148 Å².